The predicted molar refractivity (Wildman–Crippen MR) is 95.8 cm³/mol. The highest BCUT2D eigenvalue weighted by molar-refractivity contribution is 5.89. The van der Waals surface area contributed by atoms with Crippen molar-refractivity contribution in [3.05, 3.63) is 58.9 Å². The lowest BCUT2D eigenvalue weighted by Gasteiger charge is -2.20. The molecule has 1 atom stereocenters. The number of rotatable bonds is 6. The van der Waals surface area contributed by atoms with Gasteiger partial charge in [-0.05, 0) is 35.4 Å². The van der Waals surface area contributed by atoms with E-state index in [9.17, 15) is 9.18 Å². The van der Waals surface area contributed by atoms with Crippen LogP contribution in [0.1, 0.15) is 22.8 Å². The molecule has 7 heteroatoms. The first-order valence-corrected chi connectivity index (χ1v) is 8.27. The van der Waals surface area contributed by atoms with Gasteiger partial charge in [-0.15, -0.1) is 0 Å². The highest BCUT2D eigenvalue weighted by Gasteiger charge is 2.22. The molecule has 3 rings (SSSR count). The molecule has 2 aromatic rings. The SMILES string of the molecule is COC(C(=O)CN=Cc1ccc(C#N)c(F)c1)c1ccc2c(c1)OCCO2. The number of fused-ring (bicyclic) bond motifs is 1. The van der Waals surface area contributed by atoms with Gasteiger partial charge in [-0.2, -0.15) is 5.26 Å². The summed E-state index contributed by atoms with van der Waals surface area (Å²) in [6.07, 6.45) is 0.592. The number of ether oxygens (including phenoxy) is 3. The summed E-state index contributed by atoms with van der Waals surface area (Å²) in [5.74, 6) is 0.330. The molecular weight excluding hydrogens is 351 g/mol. The summed E-state index contributed by atoms with van der Waals surface area (Å²) in [5, 5.41) is 8.73. The van der Waals surface area contributed by atoms with Crippen molar-refractivity contribution in [1.82, 2.24) is 0 Å². The molecule has 0 radical (unpaired) electrons. The van der Waals surface area contributed by atoms with Crippen LogP contribution in [0.2, 0.25) is 0 Å². The summed E-state index contributed by atoms with van der Waals surface area (Å²) < 4.78 is 29.9. The Kier molecular flexibility index (Phi) is 5.79. The topological polar surface area (TPSA) is 80.9 Å². The molecule has 1 unspecified atom stereocenters. The van der Waals surface area contributed by atoms with Gasteiger partial charge in [-0.25, -0.2) is 4.39 Å². The van der Waals surface area contributed by atoms with Gasteiger partial charge in [0.2, 0.25) is 0 Å². The third-order valence-corrected chi connectivity index (χ3v) is 4.00. The second-order valence-electron chi connectivity index (χ2n) is 5.81. The van der Waals surface area contributed by atoms with Crippen LogP contribution in [-0.2, 0) is 9.53 Å². The average molecular weight is 368 g/mol. The number of Topliss-reactive ketones (excluding diaryl/α,β-unsaturated/α-hetero) is 1. The van der Waals surface area contributed by atoms with Gasteiger partial charge in [-0.3, -0.25) is 9.79 Å². The maximum absolute atomic E-state index is 13.6. The van der Waals surface area contributed by atoms with Gasteiger partial charge < -0.3 is 14.2 Å². The van der Waals surface area contributed by atoms with Gasteiger partial charge in [0.15, 0.2) is 17.3 Å². The van der Waals surface area contributed by atoms with Crippen LogP contribution in [0, 0.1) is 17.1 Å². The lowest BCUT2D eigenvalue weighted by molar-refractivity contribution is -0.127. The van der Waals surface area contributed by atoms with Crippen LogP contribution in [0.25, 0.3) is 0 Å². The van der Waals surface area contributed by atoms with Gasteiger partial charge in [-0.1, -0.05) is 12.1 Å². The van der Waals surface area contributed by atoms with Crippen molar-refractivity contribution in [1.29, 1.82) is 5.26 Å². The summed E-state index contributed by atoms with van der Waals surface area (Å²) in [4.78, 5) is 16.5. The number of aliphatic imine (C=N–C) groups is 1. The number of nitrogens with zero attached hydrogens (tertiary/aromatic N) is 2. The molecule has 0 saturated heterocycles. The maximum Gasteiger partial charge on any atom is 0.187 e. The molecule has 0 fully saturated rings. The number of halogens is 1. The van der Waals surface area contributed by atoms with Crippen LogP contribution in [0.5, 0.6) is 11.5 Å². The van der Waals surface area contributed by atoms with E-state index < -0.39 is 11.9 Å². The zero-order valence-electron chi connectivity index (χ0n) is 14.6. The van der Waals surface area contributed by atoms with Gasteiger partial charge in [0.1, 0.15) is 37.7 Å². The van der Waals surface area contributed by atoms with Gasteiger partial charge in [0.05, 0.1) is 5.56 Å². The Morgan fingerprint density at radius 2 is 2.07 bits per heavy atom. The molecule has 0 amide bonds. The van der Waals surface area contributed by atoms with E-state index in [-0.39, 0.29) is 17.9 Å². The first-order valence-electron chi connectivity index (χ1n) is 8.27. The van der Waals surface area contributed by atoms with E-state index in [1.165, 1.54) is 25.5 Å². The average Bonchev–Trinajstić information content (AvgIpc) is 2.68. The van der Waals surface area contributed by atoms with Crippen molar-refractivity contribution in [2.24, 2.45) is 4.99 Å². The minimum atomic E-state index is -0.796. The predicted octanol–water partition coefficient (Wildman–Crippen LogP) is 2.84. The zero-order valence-corrected chi connectivity index (χ0v) is 14.6. The van der Waals surface area contributed by atoms with Crippen LogP contribution in [0.15, 0.2) is 41.4 Å². The molecule has 0 spiro atoms. The molecule has 27 heavy (non-hydrogen) atoms. The Hall–Kier alpha value is -3.24. The number of nitriles is 1. The molecule has 0 bridgehead atoms. The number of methoxy groups -OCH3 is 1. The van der Waals surface area contributed by atoms with E-state index in [2.05, 4.69) is 4.99 Å². The lowest BCUT2D eigenvalue weighted by atomic mass is 10.0. The number of hydrogen-bond donors (Lipinski definition) is 0. The standard InChI is InChI=1S/C20H17FN2O4/c1-25-20(14-4-5-18-19(9-14)27-7-6-26-18)17(24)12-23-11-13-2-3-15(10-22)16(21)8-13/h2-5,8-9,11,20H,6-7,12H2,1H3. The molecule has 0 aromatic heterocycles. The minimum Gasteiger partial charge on any atom is -0.486 e. The minimum absolute atomic E-state index is 0.0405. The maximum atomic E-state index is 13.6. The summed E-state index contributed by atoms with van der Waals surface area (Å²) in [7, 11) is 1.44. The highest BCUT2D eigenvalue weighted by atomic mass is 19.1. The lowest BCUT2D eigenvalue weighted by Crippen LogP contribution is -2.19. The first-order chi connectivity index (χ1) is 13.1. The fourth-order valence-corrected chi connectivity index (χ4v) is 2.70. The van der Waals surface area contributed by atoms with Gasteiger partial charge in [0, 0.05) is 13.3 Å². The smallest absolute Gasteiger partial charge is 0.187 e. The summed E-state index contributed by atoms with van der Waals surface area (Å²) in [6.45, 7) is 0.811. The second-order valence-corrected chi connectivity index (χ2v) is 5.81. The third kappa shape index (κ3) is 4.30. The Labute approximate surface area is 155 Å². The largest absolute Gasteiger partial charge is 0.486 e. The molecule has 0 aliphatic carbocycles. The molecule has 1 aliphatic heterocycles. The molecule has 6 nitrogen and oxygen atoms in total. The van der Waals surface area contributed by atoms with E-state index in [4.69, 9.17) is 19.5 Å². The van der Waals surface area contributed by atoms with E-state index in [1.54, 1.807) is 30.3 Å². The molecule has 0 saturated carbocycles. The van der Waals surface area contributed by atoms with Crippen molar-refractivity contribution in [2.45, 2.75) is 6.10 Å². The quantitative estimate of drug-likeness (QED) is 0.733. The fraction of sp³-hybridized carbons (Fsp3) is 0.250. The number of ketones is 1. The van der Waals surface area contributed by atoms with E-state index in [0.29, 0.717) is 35.8 Å². The first kappa shape index (κ1) is 18.5. The van der Waals surface area contributed by atoms with E-state index in [1.807, 2.05) is 0 Å². The monoisotopic (exact) mass is 368 g/mol. The van der Waals surface area contributed by atoms with E-state index in [0.717, 1.165) is 0 Å². The number of carbonyl (C=O) groups is 1. The van der Waals surface area contributed by atoms with Gasteiger partial charge >= 0.3 is 0 Å². The van der Waals surface area contributed by atoms with Crippen LogP contribution < -0.4 is 9.47 Å². The van der Waals surface area contributed by atoms with Crippen molar-refractivity contribution in [2.75, 3.05) is 26.9 Å². The van der Waals surface area contributed by atoms with Crippen LogP contribution in [-0.4, -0.2) is 38.9 Å². The second kappa shape index (κ2) is 8.43. The van der Waals surface area contributed by atoms with Crippen molar-refractivity contribution < 1.29 is 23.4 Å². The van der Waals surface area contributed by atoms with Crippen molar-refractivity contribution >= 4 is 12.0 Å². The van der Waals surface area contributed by atoms with Gasteiger partial charge in [0.25, 0.3) is 0 Å². The molecule has 1 aliphatic rings. The van der Waals surface area contributed by atoms with Crippen LogP contribution in [0.3, 0.4) is 0 Å². The van der Waals surface area contributed by atoms with E-state index >= 15 is 0 Å². The number of carbonyl (C=O) groups excluding carboxylic acids is 1. The molecule has 2 aromatic carbocycles. The Morgan fingerprint density at radius 3 is 2.78 bits per heavy atom. The number of hydrogen-bond acceptors (Lipinski definition) is 6. The Balaban J connectivity index is 1.68. The number of benzene rings is 2. The normalized spacial score (nSPS) is 14.0. The van der Waals surface area contributed by atoms with Crippen LogP contribution in [0.4, 0.5) is 4.39 Å². The Morgan fingerprint density at radius 1 is 1.30 bits per heavy atom. The zero-order chi connectivity index (χ0) is 19.2. The molecular formula is C20H17FN2O4. The fourth-order valence-electron chi connectivity index (χ4n) is 2.70. The van der Waals surface area contributed by atoms with Crippen molar-refractivity contribution in [3.63, 3.8) is 0 Å². The summed E-state index contributed by atoms with van der Waals surface area (Å²) in [5.41, 5.74) is 1.07. The summed E-state index contributed by atoms with van der Waals surface area (Å²) >= 11 is 0. The van der Waals surface area contributed by atoms with Crippen molar-refractivity contribution in [3.8, 4) is 17.6 Å². The molecule has 0 N–H and O–H groups in total. The van der Waals surface area contributed by atoms with Crippen LogP contribution >= 0.6 is 0 Å². The molecule has 138 valence electrons. The third-order valence-electron chi connectivity index (χ3n) is 4.00. The highest BCUT2D eigenvalue weighted by Crippen LogP contribution is 2.33. The summed E-state index contributed by atoms with van der Waals surface area (Å²) in [6, 6.07) is 11.1. The molecule has 1 heterocycles. The Bertz CT molecular complexity index is 921.